The first kappa shape index (κ1) is 20.6. The molecule has 2 heterocycles. The maximum Gasteiger partial charge on any atom is 0.254 e. The lowest BCUT2D eigenvalue weighted by Gasteiger charge is -2.25. The van der Waals surface area contributed by atoms with E-state index >= 15 is 0 Å². The average molecular weight is 414 g/mol. The molecule has 3 fully saturated rings. The molecule has 0 spiro atoms. The summed E-state index contributed by atoms with van der Waals surface area (Å²) in [5.41, 5.74) is 0.492. The van der Waals surface area contributed by atoms with Crippen LogP contribution in [-0.2, 0) is 10.0 Å². The molecule has 1 aromatic rings. The number of rotatable bonds is 3. The van der Waals surface area contributed by atoms with Crippen LogP contribution in [0.25, 0.3) is 0 Å². The molecule has 6 nitrogen and oxygen atoms in total. The highest BCUT2D eigenvalue weighted by atomic mass is 35.5. The molecule has 8 heteroatoms. The first-order valence-corrected chi connectivity index (χ1v) is 11.1. The zero-order valence-corrected chi connectivity index (χ0v) is 17.1. The molecule has 3 aliphatic rings. The molecule has 0 aromatic heterocycles. The fraction of sp³-hybridized carbons (Fsp3) is 0.632. The number of amides is 1. The highest BCUT2D eigenvalue weighted by molar-refractivity contribution is 7.89. The number of benzene rings is 1. The van der Waals surface area contributed by atoms with Crippen LogP contribution in [0, 0.1) is 5.92 Å². The Morgan fingerprint density at radius 1 is 1.11 bits per heavy atom. The van der Waals surface area contributed by atoms with Crippen molar-refractivity contribution >= 4 is 28.3 Å². The van der Waals surface area contributed by atoms with Crippen LogP contribution in [0.1, 0.15) is 42.5 Å². The van der Waals surface area contributed by atoms with Crippen molar-refractivity contribution in [3.8, 4) is 0 Å². The van der Waals surface area contributed by atoms with Crippen LogP contribution in [0.2, 0.25) is 0 Å². The van der Waals surface area contributed by atoms with Gasteiger partial charge in [0, 0.05) is 37.8 Å². The molecule has 2 atom stereocenters. The first-order chi connectivity index (χ1) is 12.6. The Balaban J connectivity index is 0.00000210. The summed E-state index contributed by atoms with van der Waals surface area (Å²) < 4.78 is 27.5. The molecule has 0 radical (unpaired) electrons. The van der Waals surface area contributed by atoms with Crippen LogP contribution in [0.4, 0.5) is 0 Å². The molecule has 2 saturated heterocycles. The summed E-state index contributed by atoms with van der Waals surface area (Å²) in [7, 11) is -3.56. The van der Waals surface area contributed by atoms with Gasteiger partial charge in [-0.3, -0.25) is 4.79 Å². The molecular weight excluding hydrogens is 386 g/mol. The van der Waals surface area contributed by atoms with Crippen molar-refractivity contribution < 1.29 is 13.2 Å². The molecule has 1 saturated carbocycles. The highest BCUT2D eigenvalue weighted by Gasteiger charge is 2.38. The molecule has 0 unspecified atom stereocenters. The van der Waals surface area contributed by atoms with Gasteiger partial charge in [-0.1, -0.05) is 12.5 Å². The van der Waals surface area contributed by atoms with Gasteiger partial charge >= 0.3 is 0 Å². The second-order valence-electron chi connectivity index (χ2n) is 7.68. The number of fused-ring (bicyclic) bond motifs is 2. The largest absolute Gasteiger partial charge is 0.335 e. The molecular formula is C19H28ClN3O3S. The van der Waals surface area contributed by atoms with Gasteiger partial charge in [-0.05, 0) is 56.3 Å². The first-order valence-electron chi connectivity index (χ1n) is 9.67. The topological polar surface area (TPSA) is 69.7 Å². The minimum Gasteiger partial charge on any atom is -0.335 e. The Morgan fingerprint density at radius 2 is 1.96 bits per heavy atom. The average Bonchev–Trinajstić information content (AvgIpc) is 2.85. The van der Waals surface area contributed by atoms with Gasteiger partial charge < -0.3 is 10.2 Å². The quantitative estimate of drug-likeness (QED) is 0.823. The van der Waals surface area contributed by atoms with Gasteiger partial charge in [0.25, 0.3) is 5.91 Å². The number of likely N-dealkylation sites (tertiary alicyclic amines) is 1. The molecule has 4 rings (SSSR count). The normalized spacial score (nSPS) is 26.3. The Bertz CT molecular complexity index is 778. The van der Waals surface area contributed by atoms with Crippen LogP contribution >= 0.6 is 12.4 Å². The van der Waals surface area contributed by atoms with Crippen molar-refractivity contribution in [2.45, 2.75) is 43.0 Å². The van der Waals surface area contributed by atoms with E-state index in [1.54, 1.807) is 24.3 Å². The van der Waals surface area contributed by atoms with E-state index < -0.39 is 10.0 Å². The second-order valence-corrected chi connectivity index (χ2v) is 9.62. The summed E-state index contributed by atoms with van der Waals surface area (Å²) in [6.45, 7) is 3.30. The van der Waals surface area contributed by atoms with E-state index in [4.69, 9.17) is 0 Å². The predicted octanol–water partition coefficient (Wildman–Crippen LogP) is 2.11. The Labute approximate surface area is 167 Å². The number of carbonyl (C=O) groups is 1. The molecule has 2 bridgehead atoms. The zero-order valence-electron chi connectivity index (χ0n) is 15.5. The van der Waals surface area contributed by atoms with E-state index in [1.807, 2.05) is 4.90 Å². The Morgan fingerprint density at radius 3 is 2.78 bits per heavy atom. The monoisotopic (exact) mass is 413 g/mol. The lowest BCUT2D eigenvalue weighted by molar-refractivity contribution is 0.0733. The molecule has 1 amide bonds. The number of hydrogen-bond acceptors (Lipinski definition) is 4. The van der Waals surface area contributed by atoms with Crippen molar-refractivity contribution in [2.75, 3.05) is 32.7 Å². The third-order valence-electron chi connectivity index (χ3n) is 5.93. The van der Waals surface area contributed by atoms with Gasteiger partial charge in [-0.2, -0.15) is 4.31 Å². The lowest BCUT2D eigenvalue weighted by atomic mass is 9.90. The van der Waals surface area contributed by atoms with Gasteiger partial charge in [-0.15, -0.1) is 12.4 Å². The summed E-state index contributed by atoms with van der Waals surface area (Å²) >= 11 is 0. The minimum absolute atomic E-state index is 0. The second kappa shape index (κ2) is 8.47. The zero-order chi connectivity index (χ0) is 18.1. The van der Waals surface area contributed by atoms with E-state index in [9.17, 15) is 13.2 Å². The van der Waals surface area contributed by atoms with Crippen LogP contribution in [0.15, 0.2) is 29.2 Å². The van der Waals surface area contributed by atoms with Crippen molar-refractivity contribution in [1.82, 2.24) is 14.5 Å². The Kier molecular flexibility index (Phi) is 6.46. The summed E-state index contributed by atoms with van der Waals surface area (Å²) in [5, 5.41) is 3.22. The van der Waals surface area contributed by atoms with Crippen LogP contribution in [0.3, 0.4) is 0 Å². The maximum absolute atomic E-state index is 13.0. The molecule has 1 aliphatic carbocycles. The number of nitrogens with one attached hydrogen (secondary N) is 1. The fourth-order valence-corrected chi connectivity index (χ4v) is 6.08. The van der Waals surface area contributed by atoms with E-state index in [0.29, 0.717) is 37.2 Å². The van der Waals surface area contributed by atoms with Gasteiger partial charge in [0.1, 0.15) is 0 Å². The summed E-state index contributed by atoms with van der Waals surface area (Å²) in [6, 6.07) is 6.94. The number of sulfonamides is 1. The number of hydrogen-bond donors (Lipinski definition) is 1. The van der Waals surface area contributed by atoms with Crippen LogP contribution < -0.4 is 5.32 Å². The maximum atomic E-state index is 13.0. The molecule has 1 aromatic carbocycles. The summed E-state index contributed by atoms with van der Waals surface area (Å²) in [5.74, 6) is 0.600. The van der Waals surface area contributed by atoms with Gasteiger partial charge in [-0.25, -0.2) is 8.42 Å². The van der Waals surface area contributed by atoms with Gasteiger partial charge in [0.2, 0.25) is 10.0 Å². The molecule has 2 aliphatic heterocycles. The third kappa shape index (κ3) is 4.16. The number of nitrogens with zero attached hydrogens (tertiary/aromatic N) is 2. The summed E-state index contributed by atoms with van der Waals surface area (Å²) in [4.78, 5) is 15.2. The standard InChI is InChI=1S/C19H27N3O3S.ClH/c23-19(22-14-15-4-1-6-17(22)12-15)16-5-2-7-18(13-16)26(24,25)21-10-3-8-20-9-11-21;/h2,5,7,13,15,17,20H,1,3-4,6,8-12,14H2;1H/t15-,17+;/m1./s1. The minimum atomic E-state index is -3.56. The van der Waals surface area contributed by atoms with E-state index in [1.165, 1.54) is 17.1 Å². The Hall–Kier alpha value is -1.15. The van der Waals surface area contributed by atoms with Crippen molar-refractivity contribution in [3.05, 3.63) is 29.8 Å². The molecule has 1 N–H and O–H groups in total. The third-order valence-corrected chi connectivity index (χ3v) is 7.82. The molecule has 150 valence electrons. The van der Waals surface area contributed by atoms with Gasteiger partial charge in [0.15, 0.2) is 0 Å². The van der Waals surface area contributed by atoms with Crippen molar-refractivity contribution in [2.24, 2.45) is 5.92 Å². The van der Waals surface area contributed by atoms with Crippen LogP contribution in [0.5, 0.6) is 0 Å². The van der Waals surface area contributed by atoms with Crippen molar-refractivity contribution in [1.29, 1.82) is 0 Å². The smallest absolute Gasteiger partial charge is 0.254 e. The van der Waals surface area contributed by atoms with Crippen LogP contribution in [-0.4, -0.2) is 62.3 Å². The SMILES string of the molecule is Cl.O=C(c1cccc(S(=O)(=O)N2CCCNCC2)c1)N1C[C@@H]2CCC[C@H]1C2. The van der Waals surface area contributed by atoms with E-state index in [2.05, 4.69) is 5.32 Å². The van der Waals surface area contributed by atoms with E-state index in [-0.39, 0.29) is 23.2 Å². The van der Waals surface area contributed by atoms with E-state index in [0.717, 1.165) is 32.4 Å². The number of carbonyl (C=O) groups excluding carboxylic acids is 1. The lowest BCUT2D eigenvalue weighted by Crippen LogP contribution is -2.36. The molecule has 27 heavy (non-hydrogen) atoms. The number of halogens is 1. The summed E-state index contributed by atoms with van der Waals surface area (Å²) in [6.07, 6.45) is 5.37. The fourth-order valence-electron chi connectivity index (χ4n) is 4.55. The van der Waals surface area contributed by atoms with Crippen molar-refractivity contribution in [3.63, 3.8) is 0 Å². The highest BCUT2D eigenvalue weighted by Crippen LogP contribution is 2.36. The van der Waals surface area contributed by atoms with Gasteiger partial charge in [0.05, 0.1) is 4.90 Å². The predicted molar refractivity (Wildman–Crippen MR) is 107 cm³/mol.